The van der Waals surface area contributed by atoms with Crippen LogP contribution in [-0.4, -0.2) is 57.6 Å². The molecule has 144 valence electrons. The van der Waals surface area contributed by atoms with E-state index >= 15 is 0 Å². The first kappa shape index (κ1) is 19.1. The van der Waals surface area contributed by atoms with Crippen LogP contribution in [0.5, 0.6) is 0 Å². The first-order chi connectivity index (χ1) is 12.9. The molecule has 0 unspecified atom stereocenters. The predicted octanol–water partition coefficient (Wildman–Crippen LogP) is 1.65. The van der Waals surface area contributed by atoms with Gasteiger partial charge in [0.2, 0.25) is 10.0 Å². The lowest BCUT2D eigenvalue weighted by Gasteiger charge is -2.35. The molecule has 1 fully saturated rings. The summed E-state index contributed by atoms with van der Waals surface area (Å²) in [7, 11) is -2.20. The van der Waals surface area contributed by atoms with E-state index in [1.807, 2.05) is 25.1 Å². The molecule has 8 nitrogen and oxygen atoms in total. The number of nitrogens with zero attached hydrogens (tertiary/aromatic N) is 3. The number of carbonyl (C=O) groups is 1. The van der Waals surface area contributed by atoms with Gasteiger partial charge in [-0.1, -0.05) is 12.1 Å². The van der Waals surface area contributed by atoms with Crippen molar-refractivity contribution in [3.8, 4) is 0 Å². The zero-order valence-corrected chi connectivity index (χ0v) is 16.2. The molecule has 3 rings (SSSR count). The highest BCUT2D eigenvalue weighted by molar-refractivity contribution is 7.89. The summed E-state index contributed by atoms with van der Waals surface area (Å²) >= 11 is 0. The Morgan fingerprint density at radius 2 is 1.78 bits per heavy atom. The Morgan fingerprint density at radius 3 is 2.44 bits per heavy atom. The SMILES string of the molecule is CNS(=O)(=O)c1cccc(NC(=O)N2CCN(c3cccc(C)n3)CC2)c1. The molecule has 0 saturated carbocycles. The summed E-state index contributed by atoms with van der Waals surface area (Å²) in [5, 5.41) is 2.77. The van der Waals surface area contributed by atoms with E-state index in [0.29, 0.717) is 31.9 Å². The fourth-order valence-corrected chi connectivity index (χ4v) is 3.68. The van der Waals surface area contributed by atoms with Gasteiger partial charge in [0.15, 0.2) is 0 Å². The van der Waals surface area contributed by atoms with E-state index in [-0.39, 0.29) is 10.9 Å². The standard InChI is InChI=1S/C18H23N5O3S/c1-14-5-3-8-17(20-14)22-9-11-23(12-10-22)18(24)21-15-6-4-7-16(13-15)27(25,26)19-2/h3-8,13,19H,9-12H2,1-2H3,(H,21,24). The molecule has 27 heavy (non-hydrogen) atoms. The Bertz CT molecular complexity index is 924. The van der Waals surface area contributed by atoms with Gasteiger partial charge in [0, 0.05) is 37.6 Å². The zero-order chi connectivity index (χ0) is 19.4. The number of amides is 2. The van der Waals surface area contributed by atoms with Crippen molar-refractivity contribution in [2.75, 3.05) is 43.4 Å². The van der Waals surface area contributed by atoms with Gasteiger partial charge in [-0.25, -0.2) is 22.9 Å². The van der Waals surface area contributed by atoms with E-state index in [0.717, 1.165) is 11.5 Å². The van der Waals surface area contributed by atoms with Gasteiger partial charge in [0.25, 0.3) is 0 Å². The number of aromatic nitrogens is 1. The fraction of sp³-hybridized carbons (Fsp3) is 0.333. The average molecular weight is 389 g/mol. The summed E-state index contributed by atoms with van der Waals surface area (Å²) in [6, 6.07) is 11.8. The number of benzene rings is 1. The smallest absolute Gasteiger partial charge is 0.321 e. The highest BCUT2D eigenvalue weighted by Crippen LogP contribution is 2.17. The molecule has 0 bridgehead atoms. The third-order valence-corrected chi connectivity index (χ3v) is 5.84. The fourth-order valence-electron chi connectivity index (χ4n) is 2.90. The molecule has 0 aliphatic carbocycles. The largest absolute Gasteiger partial charge is 0.353 e. The van der Waals surface area contributed by atoms with Crippen molar-refractivity contribution in [2.24, 2.45) is 0 Å². The first-order valence-electron chi connectivity index (χ1n) is 8.67. The van der Waals surface area contributed by atoms with Crippen LogP contribution >= 0.6 is 0 Å². The summed E-state index contributed by atoms with van der Waals surface area (Å²) in [4.78, 5) is 21.0. The first-order valence-corrected chi connectivity index (χ1v) is 10.2. The number of hydrogen-bond donors (Lipinski definition) is 2. The van der Waals surface area contributed by atoms with Crippen LogP contribution < -0.4 is 14.9 Å². The van der Waals surface area contributed by atoms with Crippen molar-refractivity contribution < 1.29 is 13.2 Å². The third kappa shape index (κ3) is 4.55. The van der Waals surface area contributed by atoms with E-state index < -0.39 is 10.0 Å². The molecule has 0 spiro atoms. The highest BCUT2D eigenvalue weighted by atomic mass is 32.2. The number of piperazine rings is 1. The van der Waals surface area contributed by atoms with Gasteiger partial charge in [0.05, 0.1) is 4.90 Å². The number of nitrogens with one attached hydrogen (secondary N) is 2. The van der Waals surface area contributed by atoms with Gasteiger partial charge in [-0.2, -0.15) is 0 Å². The number of urea groups is 1. The van der Waals surface area contributed by atoms with Gasteiger partial charge < -0.3 is 15.1 Å². The molecule has 1 aliphatic heterocycles. The quantitative estimate of drug-likeness (QED) is 0.829. The Kier molecular flexibility index (Phi) is 5.62. The lowest BCUT2D eigenvalue weighted by Crippen LogP contribution is -2.50. The van der Waals surface area contributed by atoms with Crippen molar-refractivity contribution in [1.82, 2.24) is 14.6 Å². The number of rotatable bonds is 4. The van der Waals surface area contributed by atoms with Crippen LogP contribution in [0.25, 0.3) is 0 Å². The molecule has 9 heteroatoms. The van der Waals surface area contributed by atoms with Gasteiger partial charge in [-0.05, 0) is 44.3 Å². The summed E-state index contributed by atoms with van der Waals surface area (Å²) in [6.07, 6.45) is 0. The topological polar surface area (TPSA) is 94.6 Å². The van der Waals surface area contributed by atoms with Crippen LogP contribution in [0.2, 0.25) is 0 Å². The Balaban J connectivity index is 1.61. The van der Waals surface area contributed by atoms with Gasteiger partial charge in [0.1, 0.15) is 5.82 Å². The molecule has 2 heterocycles. The monoisotopic (exact) mass is 389 g/mol. The molecule has 2 N–H and O–H groups in total. The second kappa shape index (κ2) is 7.93. The lowest BCUT2D eigenvalue weighted by molar-refractivity contribution is 0.208. The van der Waals surface area contributed by atoms with Crippen molar-refractivity contribution in [3.05, 3.63) is 48.2 Å². The number of aryl methyl sites for hydroxylation is 1. The second-order valence-electron chi connectivity index (χ2n) is 6.28. The maximum absolute atomic E-state index is 12.5. The maximum Gasteiger partial charge on any atom is 0.321 e. The molecule has 1 saturated heterocycles. The Labute approximate surface area is 159 Å². The number of anilines is 2. The van der Waals surface area contributed by atoms with Crippen molar-refractivity contribution in [3.63, 3.8) is 0 Å². The molecule has 1 aromatic heterocycles. The molecule has 0 radical (unpaired) electrons. The minimum absolute atomic E-state index is 0.109. The minimum Gasteiger partial charge on any atom is -0.353 e. The van der Waals surface area contributed by atoms with Crippen LogP contribution in [-0.2, 0) is 10.0 Å². The van der Waals surface area contributed by atoms with Crippen LogP contribution in [0.3, 0.4) is 0 Å². The molecule has 0 atom stereocenters. The summed E-state index contributed by atoms with van der Waals surface area (Å²) in [5.74, 6) is 0.917. The molecule has 1 aromatic carbocycles. The maximum atomic E-state index is 12.5. The molecule has 2 aromatic rings. The Morgan fingerprint density at radius 1 is 1.07 bits per heavy atom. The molecule has 2 amide bonds. The normalized spacial score (nSPS) is 14.9. The Hall–Kier alpha value is -2.65. The number of carbonyl (C=O) groups excluding carboxylic acids is 1. The van der Waals surface area contributed by atoms with Crippen molar-refractivity contribution in [2.45, 2.75) is 11.8 Å². The van der Waals surface area contributed by atoms with Crippen LogP contribution in [0.15, 0.2) is 47.4 Å². The van der Waals surface area contributed by atoms with E-state index in [1.165, 1.54) is 19.2 Å². The number of pyridine rings is 1. The summed E-state index contributed by atoms with van der Waals surface area (Å²) in [5.41, 5.74) is 1.41. The highest BCUT2D eigenvalue weighted by Gasteiger charge is 2.22. The van der Waals surface area contributed by atoms with E-state index in [9.17, 15) is 13.2 Å². The number of hydrogen-bond acceptors (Lipinski definition) is 5. The molecular weight excluding hydrogens is 366 g/mol. The zero-order valence-electron chi connectivity index (χ0n) is 15.3. The van der Waals surface area contributed by atoms with E-state index in [4.69, 9.17) is 0 Å². The van der Waals surface area contributed by atoms with Crippen LogP contribution in [0, 0.1) is 6.92 Å². The van der Waals surface area contributed by atoms with Gasteiger partial charge >= 0.3 is 6.03 Å². The number of sulfonamides is 1. The minimum atomic E-state index is -3.55. The van der Waals surface area contributed by atoms with Crippen LogP contribution in [0.4, 0.5) is 16.3 Å². The van der Waals surface area contributed by atoms with Crippen LogP contribution in [0.1, 0.15) is 5.69 Å². The second-order valence-corrected chi connectivity index (χ2v) is 8.16. The van der Waals surface area contributed by atoms with E-state index in [1.54, 1.807) is 17.0 Å². The van der Waals surface area contributed by atoms with Crippen molar-refractivity contribution >= 4 is 27.6 Å². The summed E-state index contributed by atoms with van der Waals surface area (Å²) in [6.45, 7) is 4.47. The van der Waals surface area contributed by atoms with Gasteiger partial charge in [-0.3, -0.25) is 0 Å². The molecule has 1 aliphatic rings. The van der Waals surface area contributed by atoms with Gasteiger partial charge in [-0.15, -0.1) is 0 Å². The third-order valence-electron chi connectivity index (χ3n) is 4.43. The molecular formula is C18H23N5O3S. The lowest BCUT2D eigenvalue weighted by atomic mass is 10.3. The predicted molar refractivity (Wildman–Crippen MR) is 104 cm³/mol. The average Bonchev–Trinajstić information content (AvgIpc) is 2.68. The van der Waals surface area contributed by atoms with Crippen molar-refractivity contribution in [1.29, 1.82) is 0 Å². The summed E-state index contributed by atoms with van der Waals surface area (Å²) < 4.78 is 26.0. The van der Waals surface area contributed by atoms with E-state index in [2.05, 4.69) is 19.9 Å².